The number of fused-ring (bicyclic) bond motifs is 1. The number of rotatable bonds is 4. The fraction of sp³-hybridized carbons (Fsp3) is 0.167. The number of benzene rings is 2. The van der Waals surface area contributed by atoms with Gasteiger partial charge in [-0.15, -0.1) is 0 Å². The quantitative estimate of drug-likeness (QED) is 0.635. The zero-order valence-corrected chi connectivity index (χ0v) is 14.5. The lowest BCUT2D eigenvalue weighted by atomic mass is 10.1. The minimum Gasteiger partial charge on any atom is -0.493 e. The van der Waals surface area contributed by atoms with Crippen molar-refractivity contribution in [3.8, 4) is 11.5 Å². The molecule has 8 heteroatoms. The van der Waals surface area contributed by atoms with Gasteiger partial charge in [-0.25, -0.2) is 0 Å². The van der Waals surface area contributed by atoms with Crippen molar-refractivity contribution in [3.63, 3.8) is 0 Å². The van der Waals surface area contributed by atoms with Gasteiger partial charge in [0.1, 0.15) is 0 Å². The number of nitro benzene ring substituents is 1. The maximum Gasteiger partial charge on any atom is 0.269 e. The molecule has 2 aromatic carbocycles. The van der Waals surface area contributed by atoms with E-state index >= 15 is 0 Å². The van der Waals surface area contributed by atoms with Gasteiger partial charge in [0, 0.05) is 36.0 Å². The Kier molecular flexibility index (Phi) is 4.49. The van der Waals surface area contributed by atoms with Crippen LogP contribution in [0.5, 0.6) is 11.5 Å². The molecular weight excluding hydrogens is 338 g/mol. The Morgan fingerprint density at radius 2 is 1.69 bits per heavy atom. The highest BCUT2D eigenvalue weighted by Gasteiger charge is 2.17. The highest BCUT2D eigenvalue weighted by atomic mass is 16.6. The number of carbonyl (C=O) groups excluding carboxylic acids is 1. The molecule has 26 heavy (non-hydrogen) atoms. The van der Waals surface area contributed by atoms with Gasteiger partial charge >= 0.3 is 0 Å². The van der Waals surface area contributed by atoms with Crippen molar-refractivity contribution >= 4 is 23.4 Å². The van der Waals surface area contributed by atoms with E-state index in [1.165, 1.54) is 37.4 Å². The lowest BCUT2D eigenvalue weighted by Gasteiger charge is -2.19. The Labute approximate surface area is 149 Å². The predicted octanol–water partition coefficient (Wildman–Crippen LogP) is 0.526. The molecule has 0 spiro atoms. The van der Waals surface area contributed by atoms with Crippen LogP contribution in [-0.2, 0) is 4.79 Å². The lowest BCUT2D eigenvalue weighted by molar-refractivity contribution is -0.384. The van der Waals surface area contributed by atoms with E-state index in [0.717, 1.165) is 0 Å². The zero-order chi connectivity index (χ0) is 18.8. The van der Waals surface area contributed by atoms with Crippen LogP contribution in [0.3, 0.4) is 0 Å². The van der Waals surface area contributed by atoms with Crippen molar-refractivity contribution in [2.24, 2.45) is 0 Å². The Balaban J connectivity index is 2.32. The molecule has 3 rings (SSSR count). The van der Waals surface area contributed by atoms with Crippen LogP contribution in [0, 0.1) is 10.1 Å². The minimum absolute atomic E-state index is 0.00787. The third kappa shape index (κ3) is 3.04. The molecule has 2 aromatic rings. The number of non-ortho nitro benzene ring substituents is 1. The third-order valence-electron chi connectivity index (χ3n) is 4.08. The highest BCUT2D eigenvalue weighted by Crippen LogP contribution is 2.23. The number of hydrazine groups is 1. The molecule has 0 unspecified atom stereocenters. The SMILES string of the molecule is COc1cc2c(cc1OC)=C(c1ccc([N+](=O)[O-])cc1)NN(C)C(=O)C=2. The number of carbonyl (C=O) groups is 1. The van der Waals surface area contributed by atoms with Crippen LogP contribution in [0.2, 0.25) is 0 Å². The number of hydrogen-bond donors (Lipinski definition) is 1. The van der Waals surface area contributed by atoms with Crippen LogP contribution in [0.25, 0.3) is 11.8 Å². The molecule has 0 bridgehead atoms. The summed E-state index contributed by atoms with van der Waals surface area (Å²) in [7, 11) is 4.65. The minimum atomic E-state index is -0.458. The van der Waals surface area contributed by atoms with Gasteiger partial charge in [-0.05, 0) is 29.5 Å². The molecule has 1 N–H and O–H groups in total. The molecule has 8 nitrogen and oxygen atoms in total. The van der Waals surface area contributed by atoms with Crippen LogP contribution in [0.15, 0.2) is 36.4 Å². The molecule has 0 fully saturated rings. The number of amides is 1. The van der Waals surface area contributed by atoms with Gasteiger partial charge in [-0.1, -0.05) is 0 Å². The first kappa shape index (κ1) is 17.3. The standard InChI is InChI=1S/C18H17N3O5/c1-20-17(22)9-12-8-15(25-2)16(26-3)10-14(12)18(19-20)11-4-6-13(7-5-11)21(23)24/h4-10,19H,1-3H3. The summed E-state index contributed by atoms with van der Waals surface area (Å²) in [5.74, 6) is 0.774. The van der Waals surface area contributed by atoms with Gasteiger partial charge in [0.25, 0.3) is 11.6 Å². The van der Waals surface area contributed by atoms with E-state index in [-0.39, 0.29) is 11.6 Å². The number of hydrogen-bond acceptors (Lipinski definition) is 6. The van der Waals surface area contributed by atoms with Crippen LogP contribution >= 0.6 is 0 Å². The van der Waals surface area contributed by atoms with Crippen LogP contribution < -0.4 is 25.3 Å². The maximum atomic E-state index is 12.3. The topological polar surface area (TPSA) is 93.9 Å². The molecule has 0 saturated heterocycles. The molecule has 0 saturated carbocycles. The summed E-state index contributed by atoms with van der Waals surface area (Å²) in [6.07, 6.45) is 1.49. The van der Waals surface area contributed by atoms with E-state index in [0.29, 0.717) is 33.2 Å². The summed E-state index contributed by atoms with van der Waals surface area (Å²) in [4.78, 5) is 22.7. The average molecular weight is 355 g/mol. The first-order valence-electron chi connectivity index (χ1n) is 7.72. The fourth-order valence-electron chi connectivity index (χ4n) is 2.71. The van der Waals surface area contributed by atoms with E-state index in [1.54, 1.807) is 31.3 Å². The van der Waals surface area contributed by atoms with Gasteiger partial charge in [0.2, 0.25) is 0 Å². The Hall–Kier alpha value is -3.55. The number of ether oxygens (including phenoxy) is 2. The van der Waals surface area contributed by atoms with E-state index in [4.69, 9.17) is 9.47 Å². The number of nitrogens with zero attached hydrogens (tertiary/aromatic N) is 2. The van der Waals surface area contributed by atoms with Gasteiger partial charge in [0.15, 0.2) is 11.5 Å². The molecule has 0 aliphatic carbocycles. The van der Waals surface area contributed by atoms with Gasteiger partial charge in [0.05, 0.1) is 24.8 Å². The molecule has 0 atom stereocenters. The molecule has 0 radical (unpaired) electrons. The predicted molar refractivity (Wildman–Crippen MR) is 94.8 cm³/mol. The first-order chi connectivity index (χ1) is 12.4. The Bertz CT molecular complexity index is 999. The van der Waals surface area contributed by atoms with Gasteiger partial charge in [-0.3, -0.25) is 25.3 Å². The van der Waals surface area contributed by atoms with Crippen molar-refractivity contribution in [3.05, 3.63) is 62.5 Å². The van der Waals surface area contributed by atoms with Gasteiger partial charge < -0.3 is 9.47 Å². The van der Waals surface area contributed by atoms with E-state index in [2.05, 4.69) is 5.43 Å². The molecular formula is C18H17N3O5. The summed E-state index contributed by atoms with van der Waals surface area (Å²) in [6, 6.07) is 9.58. The summed E-state index contributed by atoms with van der Waals surface area (Å²) < 4.78 is 10.7. The summed E-state index contributed by atoms with van der Waals surface area (Å²) >= 11 is 0. The molecule has 1 aliphatic rings. The Morgan fingerprint density at radius 1 is 1.08 bits per heavy atom. The number of nitro groups is 1. The van der Waals surface area contributed by atoms with Crippen LogP contribution in [0.4, 0.5) is 5.69 Å². The lowest BCUT2D eigenvalue weighted by Crippen LogP contribution is -2.38. The molecule has 1 amide bonds. The smallest absolute Gasteiger partial charge is 0.269 e. The van der Waals surface area contributed by atoms with E-state index in [9.17, 15) is 14.9 Å². The second-order valence-corrected chi connectivity index (χ2v) is 5.63. The normalized spacial score (nSPS) is 13.3. The summed E-state index contributed by atoms with van der Waals surface area (Å²) in [5, 5.41) is 13.6. The first-order valence-corrected chi connectivity index (χ1v) is 7.72. The maximum absolute atomic E-state index is 12.3. The van der Waals surface area contributed by atoms with Gasteiger partial charge in [-0.2, -0.15) is 0 Å². The van der Waals surface area contributed by atoms with Crippen molar-refractivity contribution in [2.45, 2.75) is 0 Å². The second kappa shape index (κ2) is 6.75. The van der Waals surface area contributed by atoms with E-state index < -0.39 is 4.92 Å². The fourth-order valence-corrected chi connectivity index (χ4v) is 2.71. The van der Waals surface area contributed by atoms with Crippen LogP contribution in [-0.4, -0.2) is 37.1 Å². The molecule has 1 heterocycles. The van der Waals surface area contributed by atoms with Crippen molar-refractivity contribution in [2.75, 3.05) is 21.3 Å². The third-order valence-corrected chi connectivity index (χ3v) is 4.08. The van der Waals surface area contributed by atoms with Crippen molar-refractivity contribution < 1.29 is 19.2 Å². The average Bonchev–Trinajstić information content (AvgIpc) is 2.77. The van der Waals surface area contributed by atoms with Crippen molar-refractivity contribution in [1.29, 1.82) is 0 Å². The monoisotopic (exact) mass is 355 g/mol. The van der Waals surface area contributed by atoms with E-state index in [1.807, 2.05) is 0 Å². The summed E-state index contributed by atoms with van der Waals surface area (Å²) in [6.45, 7) is 0. The highest BCUT2D eigenvalue weighted by molar-refractivity contribution is 6.04. The molecule has 0 aromatic heterocycles. The summed E-state index contributed by atoms with van der Waals surface area (Å²) in [5.41, 5.74) is 4.35. The second-order valence-electron chi connectivity index (χ2n) is 5.63. The van der Waals surface area contributed by atoms with Crippen molar-refractivity contribution in [1.82, 2.24) is 10.4 Å². The number of nitrogens with one attached hydrogen (secondary N) is 1. The largest absolute Gasteiger partial charge is 0.493 e. The molecule has 1 aliphatic heterocycles. The zero-order valence-electron chi connectivity index (χ0n) is 14.5. The van der Waals surface area contributed by atoms with Crippen LogP contribution in [0.1, 0.15) is 5.56 Å². The number of methoxy groups -OCH3 is 2. The Morgan fingerprint density at radius 3 is 2.27 bits per heavy atom. The molecule has 134 valence electrons.